The molecule has 3 heterocycles. The Bertz CT molecular complexity index is 915. The molecule has 0 unspecified atom stereocenters. The Morgan fingerprint density at radius 3 is 2.50 bits per heavy atom. The molecule has 2 aliphatic rings. The summed E-state index contributed by atoms with van der Waals surface area (Å²) in [5.74, 6) is -0.924. The minimum absolute atomic E-state index is 0.0850. The van der Waals surface area contributed by atoms with Gasteiger partial charge in [-0.05, 0) is 18.2 Å². The second-order valence-electron chi connectivity index (χ2n) is 7.59. The third-order valence-electron chi connectivity index (χ3n) is 5.65. The Hall–Kier alpha value is -3.10. The number of nitrogens with zero attached hydrogens (tertiary/aromatic N) is 3. The fourth-order valence-electron chi connectivity index (χ4n) is 3.88. The van der Waals surface area contributed by atoms with E-state index in [0.29, 0.717) is 57.6 Å². The first-order valence-corrected chi connectivity index (χ1v) is 10.1. The molecule has 160 valence electrons. The number of amides is 1. The van der Waals surface area contributed by atoms with Gasteiger partial charge in [0.1, 0.15) is 17.7 Å². The summed E-state index contributed by atoms with van der Waals surface area (Å²) in [6.07, 6.45) is 3.12. The highest BCUT2D eigenvalue weighted by atomic mass is 19.1. The standard InChI is InChI=1S/C21H24F2N4O3/c22-17-13-20(18(23)12-16(17)19-2-1-7-24-19)26-8-3-14(4-9-26)25-30-15-5-10-27(11-6-15)21(28)29/h1-2,7,12-13,15,24H,3-6,8-11H2,(H,28,29). The van der Waals surface area contributed by atoms with Gasteiger partial charge in [0.25, 0.3) is 0 Å². The maximum absolute atomic E-state index is 14.7. The van der Waals surface area contributed by atoms with Gasteiger partial charge in [-0.3, -0.25) is 0 Å². The van der Waals surface area contributed by atoms with Gasteiger partial charge in [-0.25, -0.2) is 13.6 Å². The van der Waals surface area contributed by atoms with Crippen molar-refractivity contribution in [2.75, 3.05) is 31.1 Å². The van der Waals surface area contributed by atoms with Gasteiger partial charge in [0, 0.05) is 75.4 Å². The summed E-state index contributed by atoms with van der Waals surface area (Å²) in [6.45, 7) is 1.94. The van der Waals surface area contributed by atoms with Crippen LogP contribution in [0, 0.1) is 11.6 Å². The quantitative estimate of drug-likeness (QED) is 0.734. The number of likely N-dealkylation sites (tertiary alicyclic amines) is 1. The van der Waals surface area contributed by atoms with Gasteiger partial charge in [0.2, 0.25) is 0 Å². The number of rotatable bonds is 4. The Morgan fingerprint density at radius 2 is 1.87 bits per heavy atom. The average molecular weight is 418 g/mol. The zero-order valence-corrected chi connectivity index (χ0v) is 16.5. The fraction of sp³-hybridized carbons (Fsp3) is 0.429. The van der Waals surface area contributed by atoms with E-state index in [2.05, 4.69) is 10.1 Å². The molecule has 2 aromatic rings. The molecule has 1 aromatic carbocycles. The van der Waals surface area contributed by atoms with E-state index in [1.54, 1.807) is 18.3 Å². The molecule has 0 bridgehead atoms. The summed E-state index contributed by atoms with van der Waals surface area (Å²) >= 11 is 0. The SMILES string of the molecule is O=C(O)N1CCC(ON=C2CCN(c3cc(F)c(-c4ccc[nH]4)cc3F)CC2)CC1. The predicted molar refractivity (Wildman–Crippen MR) is 109 cm³/mol. The van der Waals surface area contributed by atoms with Crippen molar-refractivity contribution in [1.29, 1.82) is 0 Å². The van der Waals surface area contributed by atoms with Crippen molar-refractivity contribution in [3.8, 4) is 11.3 Å². The van der Waals surface area contributed by atoms with Crippen LogP contribution in [0.3, 0.4) is 0 Å². The van der Waals surface area contributed by atoms with Crippen molar-refractivity contribution in [2.45, 2.75) is 31.8 Å². The van der Waals surface area contributed by atoms with Gasteiger partial charge in [0.05, 0.1) is 11.4 Å². The lowest BCUT2D eigenvalue weighted by atomic mass is 10.1. The van der Waals surface area contributed by atoms with Gasteiger partial charge < -0.3 is 24.7 Å². The van der Waals surface area contributed by atoms with E-state index in [4.69, 9.17) is 9.94 Å². The second-order valence-corrected chi connectivity index (χ2v) is 7.59. The molecule has 0 saturated carbocycles. The molecule has 2 N–H and O–H groups in total. The van der Waals surface area contributed by atoms with Crippen molar-refractivity contribution in [3.05, 3.63) is 42.1 Å². The molecule has 4 rings (SSSR count). The summed E-state index contributed by atoms with van der Waals surface area (Å²) in [5, 5.41) is 13.2. The molecule has 0 radical (unpaired) electrons. The molecular weight excluding hydrogens is 394 g/mol. The van der Waals surface area contributed by atoms with Crippen molar-refractivity contribution in [3.63, 3.8) is 0 Å². The first kappa shape index (κ1) is 20.2. The Kier molecular flexibility index (Phi) is 5.87. The summed E-state index contributed by atoms with van der Waals surface area (Å²) in [4.78, 5) is 22.6. The van der Waals surface area contributed by atoms with Crippen molar-refractivity contribution < 1.29 is 23.5 Å². The zero-order valence-electron chi connectivity index (χ0n) is 16.5. The number of halogens is 2. The van der Waals surface area contributed by atoms with Gasteiger partial charge in [-0.15, -0.1) is 0 Å². The first-order chi connectivity index (χ1) is 14.5. The number of piperidine rings is 2. The maximum atomic E-state index is 14.7. The van der Waals surface area contributed by atoms with Crippen LogP contribution in [0.2, 0.25) is 0 Å². The number of nitrogens with one attached hydrogen (secondary N) is 1. The number of carbonyl (C=O) groups is 1. The largest absolute Gasteiger partial charge is 0.465 e. The molecule has 2 fully saturated rings. The molecular formula is C21H24F2N4O3. The monoisotopic (exact) mass is 418 g/mol. The zero-order chi connectivity index (χ0) is 21.1. The van der Waals surface area contributed by atoms with Crippen molar-refractivity contribution in [1.82, 2.24) is 9.88 Å². The van der Waals surface area contributed by atoms with Crippen LogP contribution < -0.4 is 4.90 Å². The molecule has 1 aromatic heterocycles. The number of aromatic amines is 1. The van der Waals surface area contributed by atoms with Crippen molar-refractivity contribution in [2.24, 2.45) is 5.16 Å². The van der Waals surface area contributed by atoms with Crippen LogP contribution in [-0.4, -0.2) is 59.1 Å². The predicted octanol–water partition coefficient (Wildman–Crippen LogP) is 4.08. The molecule has 2 saturated heterocycles. The maximum Gasteiger partial charge on any atom is 0.407 e. The highest BCUT2D eigenvalue weighted by molar-refractivity contribution is 5.86. The van der Waals surface area contributed by atoms with Crippen LogP contribution in [0.4, 0.5) is 19.3 Å². The van der Waals surface area contributed by atoms with Crippen LogP contribution in [0.1, 0.15) is 25.7 Å². The molecule has 30 heavy (non-hydrogen) atoms. The van der Waals surface area contributed by atoms with E-state index in [0.717, 1.165) is 5.71 Å². The summed E-state index contributed by atoms with van der Waals surface area (Å²) in [6, 6.07) is 5.92. The smallest absolute Gasteiger partial charge is 0.407 e. The molecule has 1 amide bonds. The third-order valence-corrected chi connectivity index (χ3v) is 5.65. The molecule has 2 aliphatic heterocycles. The van der Waals surface area contributed by atoms with E-state index in [1.165, 1.54) is 17.0 Å². The van der Waals surface area contributed by atoms with Crippen LogP contribution in [0.5, 0.6) is 0 Å². The Balaban J connectivity index is 1.33. The molecule has 7 nitrogen and oxygen atoms in total. The van der Waals surface area contributed by atoms with Crippen LogP contribution in [0.15, 0.2) is 35.6 Å². The van der Waals surface area contributed by atoms with E-state index < -0.39 is 17.7 Å². The van der Waals surface area contributed by atoms with Gasteiger partial charge in [0.15, 0.2) is 0 Å². The molecule has 0 aliphatic carbocycles. The molecule has 9 heteroatoms. The summed E-state index contributed by atoms with van der Waals surface area (Å²) < 4.78 is 29.2. The Morgan fingerprint density at radius 1 is 1.13 bits per heavy atom. The fourth-order valence-corrected chi connectivity index (χ4v) is 3.88. The lowest BCUT2D eigenvalue weighted by molar-refractivity contribution is 0.0127. The number of benzene rings is 1. The number of anilines is 1. The Labute approximate surface area is 172 Å². The van der Waals surface area contributed by atoms with E-state index in [1.807, 2.05) is 4.90 Å². The van der Waals surface area contributed by atoms with Gasteiger partial charge in [-0.2, -0.15) is 0 Å². The third kappa shape index (κ3) is 4.39. The first-order valence-electron chi connectivity index (χ1n) is 10.1. The normalized spacial score (nSPS) is 17.9. The minimum atomic E-state index is -0.906. The van der Waals surface area contributed by atoms with E-state index in [-0.39, 0.29) is 17.4 Å². The highest BCUT2D eigenvalue weighted by Crippen LogP contribution is 2.30. The van der Waals surface area contributed by atoms with E-state index >= 15 is 0 Å². The number of hydrogen-bond acceptors (Lipinski definition) is 4. The lowest BCUT2D eigenvalue weighted by Crippen LogP contribution is -2.40. The summed E-state index contributed by atoms with van der Waals surface area (Å²) in [7, 11) is 0. The van der Waals surface area contributed by atoms with Crippen molar-refractivity contribution >= 4 is 17.5 Å². The highest BCUT2D eigenvalue weighted by Gasteiger charge is 2.25. The van der Waals surface area contributed by atoms with Gasteiger partial charge in [-0.1, -0.05) is 5.16 Å². The number of oxime groups is 1. The van der Waals surface area contributed by atoms with Crippen LogP contribution >= 0.6 is 0 Å². The number of aromatic nitrogens is 1. The minimum Gasteiger partial charge on any atom is -0.465 e. The number of hydrogen-bond donors (Lipinski definition) is 2. The molecule has 0 spiro atoms. The van der Waals surface area contributed by atoms with Gasteiger partial charge >= 0.3 is 6.09 Å². The van der Waals surface area contributed by atoms with E-state index in [9.17, 15) is 13.6 Å². The summed E-state index contributed by atoms with van der Waals surface area (Å²) in [5.41, 5.74) is 1.89. The average Bonchev–Trinajstić information content (AvgIpc) is 3.29. The topological polar surface area (TPSA) is 81.2 Å². The van der Waals surface area contributed by atoms with Crippen LogP contribution in [0.25, 0.3) is 11.3 Å². The number of H-pyrrole nitrogens is 1. The second kappa shape index (κ2) is 8.73. The van der Waals surface area contributed by atoms with Crippen LogP contribution in [-0.2, 0) is 4.84 Å². The molecule has 0 atom stereocenters. The number of carboxylic acid groups (broad SMARTS) is 1. The lowest BCUT2D eigenvalue weighted by Gasteiger charge is -2.31.